The summed E-state index contributed by atoms with van der Waals surface area (Å²) in [5.41, 5.74) is 2.03. The van der Waals surface area contributed by atoms with Crippen LogP contribution in [0.1, 0.15) is 15.9 Å². The number of nitrogens with one attached hydrogen (secondary N) is 2. The Kier molecular flexibility index (Phi) is 4.21. The molecule has 2 aromatic rings. The van der Waals surface area contributed by atoms with Crippen LogP contribution in [0, 0.1) is 0 Å². The molecule has 1 heterocycles. The van der Waals surface area contributed by atoms with Crippen molar-refractivity contribution in [3.05, 3.63) is 58.6 Å². The van der Waals surface area contributed by atoms with Gasteiger partial charge >= 0.3 is 0 Å². The number of amides is 2. The number of benzene rings is 2. The van der Waals surface area contributed by atoms with Gasteiger partial charge in [0.2, 0.25) is 5.91 Å². The highest BCUT2D eigenvalue weighted by Crippen LogP contribution is 2.27. The number of hydrogen-bond donors (Lipinski definition) is 2. The van der Waals surface area contributed by atoms with Crippen molar-refractivity contribution in [2.75, 3.05) is 12.4 Å². The molecule has 0 spiro atoms. The molecule has 1 aliphatic rings. The van der Waals surface area contributed by atoms with Gasteiger partial charge in [0.1, 0.15) is 11.8 Å². The van der Waals surface area contributed by atoms with Crippen LogP contribution in [-0.4, -0.2) is 25.0 Å². The van der Waals surface area contributed by atoms with Gasteiger partial charge in [0.15, 0.2) is 0 Å². The Bertz CT molecular complexity index is 776. The average Bonchev–Trinajstić information content (AvgIpc) is 2.55. The first-order valence-corrected chi connectivity index (χ1v) is 7.49. The standard InChI is InChI=1S/C17H15ClN2O3/c1-23-15-7-6-11(9-13(15)18)19-17(22)14-8-10-4-2-3-5-12(10)16(21)20-14/h2-7,9,14H,8H2,1H3,(H,19,22)(H,20,21). The van der Waals surface area contributed by atoms with Crippen LogP contribution in [0.2, 0.25) is 5.02 Å². The van der Waals surface area contributed by atoms with E-state index < -0.39 is 6.04 Å². The van der Waals surface area contributed by atoms with Gasteiger partial charge < -0.3 is 15.4 Å². The minimum absolute atomic E-state index is 0.236. The quantitative estimate of drug-likeness (QED) is 0.909. The Morgan fingerprint density at radius 1 is 1.30 bits per heavy atom. The smallest absolute Gasteiger partial charge is 0.252 e. The first-order chi connectivity index (χ1) is 11.1. The Hall–Kier alpha value is -2.53. The van der Waals surface area contributed by atoms with Gasteiger partial charge in [-0.3, -0.25) is 9.59 Å². The van der Waals surface area contributed by atoms with Gasteiger partial charge in [0.05, 0.1) is 12.1 Å². The van der Waals surface area contributed by atoms with Crippen LogP contribution < -0.4 is 15.4 Å². The predicted octanol–water partition coefficient (Wildman–Crippen LogP) is 2.64. The van der Waals surface area contributed by atoms with E-state index in [0.29, 0.717) is 28.4 Å². The van der Waals surface area contributed by atoms with E-state index in [1.165, 1.54) is 7.11 Å². The molecule has 2 amide bonds. The van der Waals surface area contributed by atoms with Crippen molar-refractivity contribution in [3.8, 4) is 5.75 Å². The molecule has 0 saturated carbocycles. The van der Waals surface area contributed by atoms with Crippen LogP contribution >= 0.6 is 11.6 Å². The fourth-order valence-electron chi connectivity index (χ4n) is 2.56. The minimum atomic E-state index is -0.613. The Balaban J connectivity index is 1.75. The van der Waals surface area contributed by atoms with E-state index in [2.05, 4.69) is 10.6 Å². The molecule has 5 nitrogen and oxygen atoms in total. The van der Waals surface area contributed by atoms with Crippen LogP contribution in [0.4, 0.5) is 5.69 Å². The molecular formula is C17H15ClN2O3. The van der Waals surface area contributed by atoms with E-state index in [4.69, 9.17) is 16.3 Å². The third kappa shape index (κ3) is 3.14. The van der Waals surface area contributed by atoms with Gasteiger partial charge in [0.25, 0.3) is 5.91 Å². The van der Waals surface area contributed by atoms with Gasteiger partial charge in [0, 0.05) is 17.7 Å². The van der Waals surface area contributed by atoms with Crippen LogP contribution in [0.5, 0.6) is 5.75 Å². The molecule has 0 bridgehead atoms. The molecule has 0 aliphatic carbocycles. The summed E-state index contributed by atoms with van der Waals surface area (Å²) in [5.74, 6) is 0.0124. The highest BCUT2D eigenvalue weighted by molar-refractivity contribution is 6.32. The van der Waals surface area contributed by atoms with Gasteiger partial charge in [-0.05, 0) is 29.8 Å². The second-order valence-electron chi connectivity index (χ2n) is 5.23. The number of hydrogen-bond acceptors (Lipinski definition) is 3. The van der Waals surface area contributed by atoms with Crippen LogP contribution in [0.3, 0.4) is 0 Å². The molecule has 2 aromatic carbocycles. The van der Waals surface area contributed by atoms with Gasteiger partial charge in [-0.25, -0.2) is 0 Å². The number of halogens is 1. The molecule has 3 rings (SSSR count). The maximum atomic E-state index is 12.4. The van der Waals surface area contributed by atoms with E-state index in [0.717, 1.165) is 5.56 Å². The fraction of sp³-hybridized carbons (Fsp3) is 0.176. The van der Waals surface area contributed by atoms with Crippen molar-refractivity contribution in [2.45, 2.75) is 12.5 Å². The van der Waals surface area contributed by atoms with E-state index in [-0.39, 0.29) is 11.8 Å². The molecule has 0 fully saturated rings. The zero-order valence-electron chi connectivity index (χ0n) is 12.4. The van der Waals surface area contributed by atoms with Crippen molar-refractivity contribution in [1.82, 2.24) is 5.32 Å². The molecule has 2 N–H and O–H groups in total. The monoisotopic (exact) mass is 330 g/mol. The number of anilines is 1. The molecule has 23 heavy (non-hydrogen) atoms. The van der Waals surface area contributed by atoms with Gasteiger partial charge in [-0.1, -0.05) is 29.8 Å². The van der Waals surface area contributed by atoms with Crippen LogP contribution in [0.25, 0.3) is 0 Å². The maximum Gasteiger partial charge on any atom is 0.252 e. The Labute approximate surface area is 138 Å². The second-order valence-corrected chi connectivity index (χ2v) is 5.63. The largest absolute Gasteiger partial charge is 0.495 e. The average molecular weight is 331 g/mol. The highest BCUT2D eigenvalue weighted by Gasteiger charge is 2.28. The van der Waals surface area contributed by atoms with Crippen molar-refractivity contribution >= 4 is 29.1 Å². The number of carbonyl (C=O) groups excluding carboxylic acids is 2. The normalized spacial score (nSPS) is 16.3. The topological polar surface area (TPSA) is 67.4 Å². The molecule has 1 atom stereocenters. The second kappa shape index (κ2) is 6.30. The molecule has 0 saturated heterocycles. The Morgan fingerprint density at radius 2 is 2.09 bits per heavy atom. The van der Waals surface area contributed by atoms with Crippen molar-refractivity contribution < 1.29 is 14.3 Å². The molecule has 1 unspecified atom stereocenters. The van der Waals surface area contributed by atoms with Gasteiger partial charge in [-0.15, -0.1) is 0 Å². The van der Waals surface area contributed by atoms with E-state index in [1.54, 1.807) is 30.3 Å². The number of fused-ring (bicyclic) bond motifs is 1. The first-order valence-electron chi connectivity index (χ1n) is 7.11. The highest BCUT2D eigenvalue weighted by atomic mass is 35.5. The summed E-state index contributed by atoms with van der Waals surface area (Å²) in [6, 6.07) is 11.6. The third-order valence-corrected chi connectivity index (χ3v) is 4.02. The summed E-state index contributed by atoms with van der Waals surface area (Å²) in [5, 5.41) is 5.89. The number of rotatable bonds is 3. The lowest BCUT2D eigenvalue weighted by Crippen LogP contribution is -2.48. The van der Waals surface area contributed by atoms with Gasteiger partial charge in [-0.2, -0.15) is 0 Å². The zero-order chi connectivity index (χ0) is 16.4. The zero-order valence-corrected chi connectivity index (χ0v) is 13.2. The SMILES string of the molecule is COc1ccc(NC(=O)C2Cc3ccccc3C(=O)N2)cc1Cl. The summed E-state index contributed by atoms with van der Waals surface area (Å²) in [4.78, 5) is 24.5. The van der Waals surface area contributed by atoms with Crippen molar-refractivity contribution in [1.29, 1.82) is 0 Å². The van der Waals surface area contributed by atoms with Crippen LogP contribution in [0.15, 0.2) is 42.5 Å². The molecule has 1 aliphatic heterocycles. The fourth-order valence-corrected chi connectivity index (χ4v) is 2.82. The minimum Gasteiger partial charge on any atom is -0.495 e. The van der Waals surface area contributed by atoms with Crippen LogP contribution in [-0.2, 0) is 11.2 Å². The van der Waals surface area contributed by atoms with E-state index in [9.17, 15) is 9.59 Å². The van der Waals surface area contributed by atoms with Crippen molar-refractivity contribution in [3.63, 3.8) is 0 Å². The molecule has 6 heteroatoms. The summed E-state index contributed by atoms with van der Waals surface area (Å²) >= 11 is 6.04. The molecule has 118 valence electrons. The summed E-state index contributed by atoms with van der Waals surface area (Å²) in [6.07, 6.45) is 0.456. The molecule has 0 aromatic heterocycles. The van der Waals surface area contributed by atoms with E-state index >= 15 is 0 Å². The summed E-state index contributed by atoms with van der Waals surface area (Å²) < 4.78 is 5.07. The predicted molar refractivity (Wildman–Crippen MR) is 88.0 cm³/mol. The maximum absolute atomic E-state index is 12.4. The number of methoxy groups -OCH3 is 1. The number of ether oxygens (including phenoxy) is 1. The number of carbonyl (C=O) groups is 2. The van der Waals surface area contributed by atoms with E-state index in [1.807, 2.05) is 12.1 Å². The lowest BCUT2D eigenvalue weighted by Gasteiger charge is -2.24. The summed E-state index contributed by atoms with van der Waals surface area (Å²) in [7, 11) is 1.52. The lowest BCUT2D eigenvalue weighted by atomic mass is 9.95. The molecule has 0 radical (unpaired) electrons. The van der Waals surface area contributed by atoms with Crippen molar-refractivity contribution in [2.24, 2.45) is 0 Å². The molecular weight excluding hydrogens is 316 g/mol. The Morgan fingerprint density at radius 3 is 2.83 bits per heavy atom. The third-order valence-electron chi connectivity index (χ3n) is 3.73. The summed E-state index contributed by atoms with van der Waals surface area (Å²) in [6.45, 7) is 0. The first kappa shape index (κ1) is 15.4. The lowest BCUT2D eigenvalue weighted by molar-refractivity contribution is -0.118.